The Morgan fingerprint density at radius 1 is 1.22 bits per heavy atom. The van der Waals surface area contributed by atoms with Gasteiger partial charge >= 0.3 is 0 Å². The molecule has 0 aliphatic rings. The molecule has 2 rings (SSSR count). The summed E-state index contributed by atoms with van der Waals surface area (Å²) < 4.78 is 7.55. The van der Waals surface area contributed by atoms with Gasteiger partial charge in [0.05, 0.1) is 6.04 Å². The Kier molecular flexibility index (Phi) is 4.65. The molecule has 0 aliphatic carbocycles. The third-order valence-corrected chi connectivity index (χ3v) is 4.12. The van der Waals surface area contributed by atoms with Crippen molar-refractivity contribution < 1.29 is 4.42 Å². The smallest absolute Gasteiger partial charge is 0.169 e. The molecule has 0 fully saturated rings. The number of furan rings is 1. The van der Waals surface area contributed by atoms with Gasteiger partial charge in [-0.1, -0.05) is 35.0 Å². The summed E-state index contributed by atoms with van der Waals surface area (Å²) in [6, 6.07) is 10.4. The molecular weight excluding hydrogens is 358 g/mol. The number of hydrogen-bond acceptors (Lipinski definition) is 2. The molecule has 1 aromatic heterocycles. The predicted molar refractivity (Wildman–Crippen MR) is 80.8 cm³/mol. The second-order valence-corrected chi connectivity index (χ2v) is 5.78. The number of hydrogen-bond donors (Lipinski definition) is 1. The molecule has 0 amide bonds. The molecule has 1 aromatic carbocycles. The van der Waals surface area contributed by atoms with E-state index in [1.54, 1.807) is 0 Å². The minimum absolute atomic E-state index is 0.0908. The first-order chi connectivity index (χ1) is 8.61. The van der Waals surface area contributed by atoms with Crippen LogP contribution >= 0.6 is 31.9 Å². The minimum atomic E-state index is 0.0908. The van der Waals surface area contributed by atoms with E-state index in [1.165, 1.54) is 11.1 Å². The first kappa shape index (κ1) is 13.8. The molecule has 1 heterocycles. The summed E-state index contributed by atoms with van der Waals surface area (Å²) in [5, 5.41) is 3.45. The number of aryl methyl sites for hydroxylation is 1. The zero-order valence-corrected chi connectivity index (χ0v) is 13.5. The largest absolute Gasteiger partial charge is 0.452 e. The third-order valence-electron chi connectivity index (χ3n) is 2.80. The van der Waals surface area contributed by atoms with Gasteiger partial charge in [-0.25, -0.2) is 0 Å². The van der Waals surface area contributed by atoms with Crippen LogP contribution in [0.25, 0.3) is 0 Å². The molecule has 0 aliphatic heterocycles. The first-order valence-corrected chi connectivity index (χ1v) is 7.45. The summed E-state index contributed by atoms with van der Waals surface area (Å²) >= 11 is 6.87. The highest BCUT2D eigenvalue weighted by Gasteiger charge is 2.17. The maximum Gasteiger partial charge on any atom is 0.169 e. The summed E-state index contributed by atoms with van der Waals surface area (Å²) in [5.74, 6) is 0.922. The van der Waals surface area contributed by atoms with E-state index in [-0.39, 0.29) is 6.04 Å². The molecule has 1 N–H and O–H groups in total. The van der Waals surface area contributed by atoms with Crippen molar-refractivity contribution in [1.29, 1.82) is 0 Å². The molecule has 96 valence electrons. The van der Waals surface area contributed by atoms with E-state index in [0.29, 0.717) is 0 Å². The average molecular weight is 373 g/mol. The van der Waals surface area contributed by atoms with Crippen molar-refractivity contribution in [3.05, 3.63) is 56.4 Å². The molecule has 0 saturated carbocycles. The molecular formula is C14H15Br2NO. The number of nitrogens with one attached hydrogen (secondary N) is 1. The van der Waals surface area contributed by atoms with E-state index in [0.717, 1.165) is 21.4 Å². The maximum absolute atomic E-state index is 5.67. The molecule has 2 nitrogen and oxygen atoms in total. The van der Waals surface area contributed by atoms with Gasteiger partial charge in [0.15, 0.2) is 4.67 Å². The van der Waals surface area contributed by atoms with Gasteiger partial charge in [-0.3, -0.25) is 0 Å². The SMILES string of the molecule is CCNC(c1ccc(Br)c(C)c1)c1ccc(Br)o1. The van der Waals surface area contributed by atoms with Gasteiger partial charge in [0, 0.05) is 4.47 Å². The summed E-state index contributed by atoms with van der Waals surface area (Å²) in [6.07, 6.45) is 0. The predicted octanol–water partition coefficient (Wildman–Crippen LogP) is 4.81. The summed E-state index contributed by atoms with van der Waals surface area (Å²) in [7, 11) is 0. The number of rotatable bonds is 4. The minimum Gasteiger partial charge on any atom is -0.452 e. The monoisotopic (exact) mass is 371 g/mol. The third kappa shape index (κ3) is 3.05. The van der Waals surface area contributed by atoms with Gasteiger partial charge in [-0.15, -0.1) is 0 Å². The topological polar surface area (TPSA) is 25.2 Å². The van der Waals surface area contributed by atoms with Crippen LogP contribution in [0, 0.1) is 6.92 Å². The van der Waals surface area contributed by atoms with Gasteiger partial charge in [0.2, 0.25) is 0 Å². The van der Waals surface area contributed by atoms with E-state index >= 15 is 0 Å². The Balaban J connectivity index is 2.37. The number of halogens is 2. The Morgan fingerprint density at radius 3 is 2.56 bits per heavy atom. The second kappa shape index (κ2) is 6.04. The van der Waals surface area contributed by atoms with Crippen LogP contribution in [0.1, 0.15) is 29.9 Å². The van der Waals surface area contributed by atoms with Crippen LogP contribution < -0.4 is 5.32 Å². The fraction of sp³-hybridized carbons (Fsp3) is 0.286. The summed E-state index contributed by atoms with van der Waals surface area (Å²) in [6.45, 7) is 5.07. The maximum atomic E-state index is 5.67. The van der Waals surface area contributed by atoms with Crippen molar-refractivity contribution in [2.45, 2.75) is 19.9 Å². The van der Waals surface area contributed by atoms with E-state index in [2.05, 4.69) is 69.2 Å². The lowest BCUT2D eigenvalue weighted by molar-refractivity contribution is 0.437. The van der Waals surface area contributed by atoms with Crippen LogP contribution in [0.5, 0.6) is 0 Å². The molecule has 0 saturated heterocycles. The van der Waals surface area contributed by atoms with E-state index in [1.807, 2.05) is 12.1 Å². The molecule has 1 unspecified atom stereocenters. The van der Waals surface area contributed by atoms with Gasteiger partial charge in [0.1, 0.15) is 5.76 Å². The molecule has 4 heteroatoms. The normalized spacial score (nSPS) is 12.7. The highest BCUT2D eigenvalue weighted by atomic mass is 79.9. The van der Waals surface area contributed by atoms with Crippen LogP contribution in [-0.2, 0) is 0 Å². The van der Waals surface area contributed by atoms with Crippen molar-refractivity contribution in [2.24, 2.45) is 0 Å². The summed E-state index contributed by atoms with van der Waals surface area (Å²) in [4.78, 5) is 0. The van der Waals surface area contributed by atoms with Gasteiger partial charge in [-0.2, -0.15) is 0 Å². The van der Waals surface area contributed by atoms with Crippen molar-refractivity contribution in [3.8, 4) is 0 Å². The standard InChI is InChI=1S/C14H15Br2NO/c1-3-17-14(12-6-7-13(16)18-12)10-4-5-11(15)9(2)8-10/h4-8,14,17H,3H2,1-2H3. The van der Waals surface area contributed by atoms with Crippen molar-refractivity contribution >= 4 is 31.9 Å². The van der Waals surface area contributed by atoms with E-state index < -0.39 is 0 Å². The Hall–Kier alpha value is -0.580. The first-order valence-electron chi connectivity index (χ1n) is 5.86. The fourth-order valence-corrected chi connectivity index (χ4v) is 2.48. The van der Waals surface area contributed by atoms with Crippen LogP contribution in [-0.4, -0.2) is 6.54 Å². The van der Waals surface area contributed by atoms with Crippen LogP contribution in [0.4, 0.5) is 0 Å². The Labute approximate surface area is 124 Å². The van der Waals surface area contributed by atoms with Crippen LogP contribution in [0.15, 0.2) is 43.9 Å². The molecule has 0 bridgehead atoms. The highest BCUT2D eigenvalue weighted by Crippen LogP contribution is 2.28. The van der Waals surface area contributed by atoms with Gasteiger partial charge < -0.3 is 9.73 Å². The zero-order chi connectivity index (χ0) is 13.1. The molecule has 0 radical (unpaired) electrons. The van der Waals surface area contributed by atoms with Crippen molar-refractivity contribution in [2.75, 3.05) is 6.54 Å². The molecule has 2 aromatic rings. The summed E-state index contributed by atoms with van der Waals surface area (Å²) in [5.41, 5.74) is 2.43. The lowest BCUT2D eigenvalue weighted by Gasteiger charge is -2.17. The van der Waals surface area contributed by atoms with Gasteiger partial charge in [-0.05, 0) is 58.7 Å². The molecule has 18 heavy (non-hydrogen) atoms. The average Bonchev–Trinajstić information content (AvgIpc) is 2.76. The number of benzene rings is 1. The Bertz CT molecular complexity index is 536. The molecule has 1 atom stereocenters. The van der Waals surface area contributed by atoms with Gasteiger partial charge in [0.25, 0.3) is 0 Å². The van der Waals surface area contributed by atoms with Crippen molar-refractivity contribution in [3.63, 3.8) is 0 Å². The highest BCUT2D eigenvalue weighted by molar-refractivity contribution is 9.10. The van der Waals surface area contributed by atoms with Crippen LogP contribution in [0.2, 0.25) is 0 Å². The van der Waals surface area contributed by atoms with E-state index in [9.17, 15) is 0 Å². The van der Waals surface area contributed by atoms with Crippen LogP contribution in [0.3, 0.4) is 0 Å². The van der Waals surface area contributed by atoms with Crippen molar-refractivity contribution in [1.82, 2.24) is 5.32 Å². The second-order valence-electron chi connectivity index (χ2n) is 4.14. The Morgan fingerprint density at radius 2 is 2.00 bits per heavy atom. The lowest BCUT2D eigenvalue weighted by Crippen LogP contribution is -2.21. The van der Waals surface area contributed by atoms with E-state index in [4.69, 9.17) is 4.42 Å². The quantitative estimate of drug-likeness (QED) is 0.832. The fourth-order valence-electron chi connectivity index (χ4n) is 1.92. The molecule has 0 spiro atoms. The zero-order valence-electron chi connectivity index (χ0n) is 10.3. The lowest BCUT2D eigenvalue weighted by atomic mass is 10.0.